The van der Waals surface area contributed by atoms with Crippen molar-refractivity contribution in [3.05, 3.63) is 169 Å². The molecule has 0 bridgehead atoms. The van der Waals surface area contributed by atoms with E-state index in [2.05, 4.69) is 97.5 Å². The van der Waals surface area contributed by atoms with Crippen molar-refractivity contribution >= 4 is 33.8 Å². The summed E-state index contributed by atoms with van der Waals surface area (Å²) >= 11 is 0. The predicted molar refractivity (Wildman–Crippen MR) is 232 cm³/mol. The van der Waals surface area contributed by atoms with Gasteiger partial charge in [-0.2, -0.15) is 0 Å². The molecule has 1 unspecified atom stereocenters. The molecule has 0 saturated heterocycles. The van der Waals surface area contributed by atoms with Crippen LogP contribution in [0.1, 0.15) is 117 Å². The van der Waals surface area contributed by atoms with Crippen LogP contribution in [0.15, 0.2) is 147 Å². The third kappa shape index (κ3) is 14.7. The van der Waals surface area contributed by atoms with E-state index >= 15 is 0 Å². The molecule has 0 radical (unpaired) electrons. The molecule has 2 heteroatoms. The zero-order valence-corrected chi connectivity index (χ0v) is 33.1. The number of nitrogens with one attached hydrogen (secondary N) is 2. The molecule has 268 valence electrons. The quantitative estimate of drug-likeness (QED) is 0.140. The van der Waals surface area contributed by atoms with E-state index in [4.69, 9.17) is 0 Å². The van der Waals surface area contributed by atoms with Gasteiger partial charge in [-0.1, -0.05) is 147 Å². The van der Waals surface area contributed by atoms with Crippen molar-refractivity contribution in [1.82, 2.24) is 0 Å². The van der Waals surface area contributed by atoms with Gasteiger partial charge in [0.1, 0.15) is 0 Å². The average Bonchev–Trinajstić information content (AvgIpc) is 3.16. The molecule has 3 aromatic carbocycles. The molecule has 3 aromatic rings. The lowest BCUT2D eigenvalue weighted by Crippen LogP contribution is -2.09. The van der Waals surface area contributed by atoms with E-state index in [0.717, 1.165) is 41.0 Å². The van der Waals surface area contributed by atoms with Gasteiger partial charge in [-0.15, -0.1) is 6.58 Å². The maximum absolute atomic E-state index is 4.39. The normalized spacial score (nSPS) is 13.4. The highest BCUT2D eigenvalue weighted by Gasteiger charge is 2.24. The largest absolute Gasteiger partial charge is 0.361 e. The van der Waals surface area contributed by atoms with Crippen LogP contribution in [0.2, 0.25) is 0 Å². The fourth-order valence-electron chi connectivity index (χ4n) is 4.96. The molecule has 0 aliphatic heterocycles. The number of hydrogen-bond donors (Lipinski definition) is 2. The third-order valence-electron chi connectivity index (χ3n) is 7.36. The number of hydrogen-bond acceptors (Lipinski definition) is 2. The molecule has 50 heavy (non-hydrogen) atoms. The van der Waals surface area contributed by atoms with Gasteiger partial charge in [0.05, 0.1) is 0 Å². The highest BCUT2D eigenvalue weighted by atomic mass is 14.9. The summed E-state index contributed by atoms with van der Waals surface area (Å²) in [7, 11) is 0. The first kappa shape index (κ1) is 45.2. The van der Waals surface area contributed by atoms with Crippen LogP contribution in [0.5, 0.6) is 0 Å². The lowest BCUT2D eigenvalue weighted by molar-refractivity contribution is 0.815. The van der Waals surface area contributed by atoms with E-state index in [1.165, 1.54) is 27.8 Å². The highest BCUT2D eigenvalue weighted by Crippen LogP contribution is 2.43. The van der Waals surface area contributed by atoms with Crippen molar-refractivity contribution in [1.29, 1.82) is 0 Å². The molecule has 0 heterocycles. The Bertz CT molecular complexity index is 1580. The Morgan fingerprint density at radius 1 is 0.760 bits per heavy atom. The van der Waals surface area contributed by atoms with Gasteiger partial charge in [-0.25, -0.2) is 0 Å². The minimum Gasteiger partial charge on any atom is -0.361 e. The Morgan fingerprint density at radius 3 is 2.00 bits per heavy atom. The van der Waals surface area contributed by atoms with Crippen LogP contribution in [0.25, 0.3) is 16.7 Å². The first-order chi connectivity index (χ1) is 24.5. The first-order valence-electron chi connectivity index (χ1n) is 18.7. The molecular formula is C48H66N2. The molecule has 0 spiro atoms. The fourth-order valence-corrected chi connectivity index (χ4v) is 4.96. The zero-order chi connectivity index (χ0) is 37.7. The molecular weight excluding hydrogens is 605 g/mol. The SMILES string of the molecule is C=CC/C=C(\C)c1cc(C2=CC(c3ccc(Nc4ccccc4)c(C(=C)/C=C\C=C/C)c3)C2)ccc1N/C=C\C=C/C.CC.CC.CC.CC. The van der Waals surface area contributed by atoms with E-state index in [1.807, 2.05) is 136 Å². The molecule has 0 amide bonds. The number of anilines is 3. The van der Waals surface area contributed by atoms with Gasteiger partial charge < -0.3 is 10.6 Å². The fraction of sp³-hybridized carbons (Fsp3) is 0.292. The van der Waals surface area contributed by atoms with Gasteiger partial charge in [-0.3, -0.25) is 0 Å². The van der Waals surface area contributed by atoms with Crippen LogP contribution in [-0.4, -0.2) is 0 Å². The van der Waals surface area contributed by atoms with E-state index < -0.39 is 0 Å². The van der Waals surface area contributed by atoms with Crippen molar-refractivity contribution < 1.29 is 0 Å². The van der Waals surface area contributed by atoms with Crippen molar-refractivity contribution in [3.63, 3.8) is 0 Å². The molecule has 1 aliphatic rings. The lowest BCUT2D eigenvalue weighted by Gasteiger charge is -2.28. The van der Waals surface area contributed by atoms with Crippen molar-refractivity contribution in [2.24, 2.45) is 0 Å². The summed E-state index contributed by atoms with van der Waals surface area (Å²) < 4.78 is 0. The monoisotopic (exact) mass is 671 g/mol. The molecule has 0 aromatic heterocycles. The van der Waals surface area contributed by atoms with Crippen molar-refractivity contribution in [3.8, 4) is 0 Å². The summed E-state index contributed by atoms with van der Waals surface area (Å²) in [5.41, 5.74) is 11.7. The summed E-state index contributed by atoms with van der Waals surface area (Å²) in [4.78, 5) is 0. The molecule has 0 fully saturated rings. The average molecular weight is 671 g/mol. The van der Waals surface area contributed by atoms with Crippen molar-refractivity contribution in [2.75, 3.05) is 10.6 Å². The van der Waals surface area contributed by atoms with E-state index in [1.54, 1.807) is 0 Å². The Labute approximate surface area is 307 Å². The first-order valence-corrected chi connectivity index (χ1v) is 18.7. The van der Waals surface area contributed by atoms with E-state index in [9.17, 15) is 0 Å². The van der Waals surface area contributed by atoms with Crippen LogP contribution < -0.4 is 10.6 Å². The second-order valence-electron chi connectivity index (χ2n) is 10.4. The van der Waals surface area contributed by atoms with Crippen LogP contribution in [0.4, 0.5) is 17.1 Å². The number of allylic oxidation sites excluding steroid dienone is 13. The summed E-state index contributed by atoms with van der Waals surface area (Å²) in [5, 5.41) is 7.04. The summed E-state index contributed by atoms with van der Waals surface area (Å²) in [6.07, 6.45) is 24.6. The highest BCUT2D eigenvalue weighted by molar-refractivity contribution is 5.85. The molecule has 1 aliphatic carbocycles. The van der Waals surface area contributed by atoms with E-state index in [0.29, 0.717) is 5.92 Å². The zero-order valence-electron chi connectivity index (χ0n) is 33.1. The Hall–Kier alpha value is -4.82. The Morgan fingerprint density at radius 2 is 1.38 bits per heavy atom. The Kier molecular flexibility index (Phi) is 25.4. The smallest absolute Gasteiger partial charge is 0.0463 e. The summed E-state index contributed by atoms with van der Waals surface area (Å²) in [6.45, 7) is 30.5. The van der Waals surface area contributed by atoms with Gasteiger partial charge in [0, 0.05) is 40.3 Å². The lowest BCUT2D eigenvalue weighted by atomic mass is 9.77. The second kappa shape index (κ2) is 28.1. The van der Waals surface area contributed by atoms with Crippen LogP contribution in [0.3, 0.4) is 0 Å². The predicted octanol–water partition coefficient (Wildman–Crippen LogP) is 15.7. The van der Waals surface area contributed by atoms with Gasteiger partial charge >= 0.3 is 0 Å². The standard InChI is InChI=1S/C40H42N2.4C2H6/c1-6-9-13-18-31(5)38-29-33(22-24-40(38)42-36-19-14-12-15-20-36)35-26-34(27-35)32-21-23-39(41-25-16-10-7-2)37(28-32)30(4)17-11-8-3;4*1-2/h6-10,12-26,28-29,35,41-42H,3,5,11,27H2,1-2,4H3;4*1-2H3/b9-6-,10-7-,18-13-,25-16-,30-17+;;;;. The molecule has 2 N–H and O–H groups in total. The summed E-state index contributed by atoms with van der Waals surface area (Å²) in [6, 6.07) is 23.7. The number of para-hydroxylation sites is 1. The molecule has 0 saturated carbocycles. The van der Waals surface area contributed by atoms with Crippen LogP contribution in [0, 0.1) is 0 Å². The maximum Gasteiger partial charge on any atom is 0.0463 e. The van der Waals surface area contributed by atoms with Crippen LogP contribution >= 0.6 is 0 Å². The molecule has 4 rings (SSSR count). The number of benzene rings is 3. The van der Waals surface area contributed by atoms with E-state index in [-0.39, 0.29) is 0 Å². The second-order valence-corrected chi connectivity index (χ2v) is 10.4. The van der Waals surface area contributed by atoms with Gasteiger partial charge in [-0.05, 0) is 104 Å². The van der Waals surface area contributed by atoms with Gasteiger partial charge in [0.15, 0.2) is 0 Å². The third-order valence-corrected chi connectivity index (χ3v) is 7.36. The number of rotatable bonds is 13. The Balaban J connectivity index is 0.00000280. The van der Waals surface area contributed by atoms with Gasteiger partial charge in [0.25, 0.3) is 0 Å². The maximum atomic E-state index is 4.39. The summed E-state index contributed by atoms with van der Waals surface area (Å²) in [5.74, 6) is 0.374. The van der Waals surface area contributed by atoms with Crippen molar-refractivity contribution in [2.45, 2.75) is 94.9 Å². The molecule has 2 nitrogen and oxygen atoms in total. The minimum atomic E-state index is 0.374. The van der Waals surface area contributed by atoms with Gasteiger partial charge in [0.2, 0.25) is 0 Å². The van der Waals surface area contributed by atoms with Crippen LogP contribution in [-0.2, 0) is 0 Å². The molecule has 1 atom stereocenters. The minimum absolute atomic E-state index is 0.374. The topological polar surface area (TPSA) is 24.1 Å².